The molecule has 1 aliphatic rings. The molecule has 138 valence electrons. The molecule has 7 heteroatoms. The van der Waals surface area contributed by atoms with E-state index in [1.165, 1.54) is 0 Å². The fraction of sp³-hybridized carbons (Fsp3) is 0.368. The van der Waals surface area contributed by atoms with Gasteiger partial charge in [0.2, 0.25) is 0 Å². The highest BCUT2D eigenvalue weighted by Gasteiger charge is 2.17. The van der Waals surface area contributed by atoms with Crippen molar-refractivity contribution in [2.45, 2.75) is 6.54 Å². The minimum absolute atomic E-state index is 0.468. The van der Waals surface area contributed by atoms with Crippen molar-refractivity contribution in [3.63, 3.8) is 0 Å². The van der Waals surface area contributed by atoms with Crippen LogP contribution in [0.2, 0.25) is 5.15 Å². The summed E-state index contributed by atoms with van der Waals surface area (Å²) < 4.78 is 5.17. The number of aromatic nitrogens is 1. The van der Waals surface area contributed by atoms with E-state index in [0.717, 1.165) is 55.3 Å². The molecule has 3 rings (SSSR count). The minimum atomic E-state index is 0.468. The first-order valence-corrected chi connectivity index (χ1v) is 9.01. The van der Waals surface area contributed by atoms with Gasteiger partial charge in [0.05, 0.1) is 13.7 Å². The number of hydrogen-bond donors (Lipinski definition) is 1. The molecule has 1 saturated heterocycles. The van der Waals surface area contributed by atoms with Crippen LogP contribution in [-0.4, -0.2) is 56.0 Å². The molecule has 1 fully saturated rings. The summed E-state index contributed by atoms with van der Waals surface area (Å²) in [6.45, 7) is 4.63. The maximum atomic E-state index is 10.6. The molecule has 1 aliphatic heterocycles. The van der Waals surface area contributed by atoms with Crippen LogP contribution < -0.4 is 15.0 Å². The maximum absolute atomic E-state index is 10.6. The lowest BCUT2D eigenvalue weighted by atomic mass is 10.2. The Kier molecular flexibility index (Phi) is 6.30. The number of nitrogens with one attached hydrogen (secondary N) is 1. The van der Waals surface area contributed by atoms with Gasteiger partial charge in [-0.3, -0.25) is 4.90 Å². The van der Waals surface area contributed by atoms with Crippen molar-refractivity contribution in [1.82, 2.24) is 9.88 Å². The molecule has 2 aromatic rings. The fourth-order valence-electron chi connectivity index (χ4n) is 2.99. The SMILES string of the molecule is COc1ccc(CNc2cc(N3CCN(CC=O)CC3)cc(Cl)n2)cc1. The summed E-state index contributed by atoms with van der Waals surface area (Å²) in [7, 11) is 1.66. The Morgan fingerprint density at radius 3 is 2.58 bits per heavy atom. The molecule has 1 aromatic heterocycles. The average Bonchev–Trinajstić information content (AvgIpc) is 2.67. The summed E-state index contributed by atoms with van der Waals surface area (Å²) in [5.41, 5.74) is 2.18. The second-order valence-electron chi connectivity index (χ2n) is 6.19. The van der Waals surface area contributed by atoms with Crippen LogP contribution in [0, 0.1) is 0 Å². The van der Waals surface area contributed by atoms with Gasteiger partial charge in [0, 0.05) is 44.5 Å². The van der Waals surface area contributed by atoms with Crippen LogP contribution in [0.1, 0.15) is 5.56 Å². The van der Waals surface area contributed by atoms with Crippen LogP contribution in [0.25, 0.3) is 0 Å². The van der Waals surface area contributed by atoms with Crippen molar-refractivity contribution in [2.75, 3.05) is 50.1 Å². The summed E-state index contributed by atoms with van der Waals surface area (Å²) in [6, 6.07) is 11.8. The number of hydrogen-bond acceptors (Lipinski definition) is 6. The van der Waals surface area contributed by atoms with Crippen LogP contribution in [0.5, 0.6) is 5.75 Å². The van der Waals surface area contributed by atoms with E-state index in [2.05, 4.69) is 20.1 Å². The van der Waals surface area contributed by atoms with Gasteiger partial charge in [0.25, 0.3) is 0 Å². The lowest BCUT2D eigenvalue weighted by Crippen LogP contribution is -2.46. The normalized spacial score (nSPS) is 14.9. The second kappa shape index (κ2) is 8.87. The molecule has 0 unspecified atom stereocenters. The molecular weight excluding hydrogens is 352 g/mol. The number of anilines is 2. The first-order chi connectivity index (χ1) is 12.7. The Bertz CT molecular complexity index is 731. The zero-order chi connectivity index (χ0) is 18.4. The molecule has 0 aliphatic carbocycles. The lowest BCUT2D eigenvalue weighted by Gasteiger charge is -2.35. The number of piperazine rings is 1. The van der Waals surface area contributed by atoms with Gasteiger partial charge < -0.3 is 19.7 Å². The standard InChI is InChI=1S/C19H23ClN4O2/c1-26-17-4-2-15(3-5-17)14-21-19-13-16(12-18(20)22-19)24-8-6-23(7-9-24)10-11-25/h2-5,11-13H,6-10,14H2,1H3,(H,21,22). The Hall–Kier alpha value is -2.31. The molecule has 1 aromatic carbocycles. The third kappa shape index (κ3) is 4.86. The first kappa shape index (κ1) is 18.5. The van der Waals surface area contributed by atoms with E-state index in [1.54, 1.807) is 7.11 Å². The molecule has 6 nitrogen and oxygen atoms in total. The Labute approximate surface area is 158 Å². The van der Waals surface area contributed by atoms with E-state index in [1.807, 2.05) is 36.4 Å². The summed E-state index contributed by atoms with van der Waals surface area (Å²) in [5.74, 6) is 1.59. The zero-order valence-electron chi connectivity index (χ0n) is 14.8. The van der Waals surface area contributed by atoms with E-state index in [0.29, 0.717) is 18.2 Å². The largest absolute Gasteiger partial charge is 0.497 e. The van der Waals surface area contributed by atoms with Crippen molar-refractivity contribution < 1.29 is 9.53 Å². The van der Waals surface area contributed by atoms with E-state index in [-0.39, 0.29) is 0 Å². The molecule has 0 atom stereocenters. The van der Waals surface area contributed by atoms with Crippen molar-refractivity contribution in [3.8, 4) is 5.75 Å². The van der Waals surface area contributed by atoms with Gasteiger partial charge in [-0.1, -0.05) is 23.7 Å². The molecule has 0 amide bonds. The molecule has 0 saturated carbocycles. The van der Waals surface area contributed by atoms with Crippen molar-refractivity contribution >= 4 is 29.4 Å². The van der Waals surface area contributed by atoms with Crippen LogP contribution in [0.3, 0.4) is 0 Å². The molecular formula is C19H23ClN4O2. The van der Waals surface area contributed by atoms with E-state index in [9.17, 15) is 4.79 Å². The van der Waals surface area contributed by atoms with Gasteiger partial charge in [-0.2, -0.15) is 0 Å². The number of benzene rings is 1. The van der Waals surface area contributed by atoms with Crippen molar-refractivity contribution in [2.24, 2.45) is 0 Å². The van der Waals surface area contributed by atoms with Crippen molar-refractivity contribution in [3.05, 3.63) is 47.1 Å². The molecule has 1 N–H and O–H groups in total. The van der Waals surface area contributed by atoms with E-state index in [4.69, 9.17) is 16.3 Å². The molecule has 0 bridgehead atoms. The Balaban J connectivity index is 1.63. The van der Waals surface area contributed by atoms with Gasteiger partial charge in [0.15, 0.2) is 0 Å². The lowest BCUT2D eigenvalue weighted by molar-refractivity contribution is -0.108. The number of carbonyl (C=O) groups excluding carboxylic acids is 1. The van der Waals surface area contributed by atoms with E-state index >= 15 is 0 Å². The molecule has 0 radical (unpaired) electrons. The quantitative estimate of drug-likeness (QED) is 0.594. The predicted octanol–water partition coefficient (Wildman–Crippen LogP) is 2.68. The van der Waals surface area contributed by atoms with E-state index < -0.39 is 0 Å². The number of aldehydes is 1. The highest BCUT2D eigenvalue weighted by molar-refractivity contribution is 6.29. The average molecular weight is 375 g/mol. The number of rotatable bonds is 7. The molecule has 2 heterocycles. The van der Waals surface area contributed by atoms with Gasteiger partial charge in [-0.25, -0.2) is 4.98 Å². The summed E-state index contributed by atoms with van der Waals surface area (Å²) in [4.78, 5) is 19.4. The predicted molar refractivity (Wildman–Crippen MR) is 104 cm³/mol. The number of methoxy groups -OCH3 is 1. The summed E-state index contributed by atoms with van der Waals surface area (Å²) in [6.07, 6.45) is 0.958. The number of ether oxygens (including phenoxy) is 1. The number of halogens is 1. The maximum Gasteiger partial charge on any atom is 0.133 e. The first-order valence-electron chi connectivity index (χ1n) is 8.63. The highest BCUT2D eigenvalue weighted by atomic mass is 35.5. The number of pyridine rings is 1. The van der Waals surface area contributed by atoms with Crippen LogP contribution >= 0.6 is 11.6 Å². The Morgan fingerprint density at radius 1 is 1.19 bits per heavy atom. The minimum Gasteiger partial charge on any atom is -0.497 e. The highest BCUT2D eigenvalue weighted by Crippen LogP contribution is 2.24. The summed E-state index contributed by atoms with van der Waals surface area (Å²) in [5, 5.41) is 3.80. The third-order valence-electron chi connectivity index (χ3n) is 4.48. The number of nitrogens with zero attached hydrogens (tertiary/aromatic N) is 3. The number of carbonyl (C=O) groups is 1. The van der Waals surface area contributed by atoms with Crippen LogP contribution in [0.4, 0.5) is 11.5 Å². The van der Waals surface area contributed by atoms with Crippen LogP contribution in [-0.2, 0) is 11.3 Å². The third-order valence-corrected chi connectivity index (χ3v) is 4.68. The fourth-order valence-corrected chi connectivity index (χ4v) is 3.19. The molecule has 0 spiro atoms. The zero-order valence-corrected chi connectivity index (χ0v) is 15.6. The molecule has 26 heavy (non-hydrogen) atoms. The van der Waals surface area contributed by atoms with Gasteiger partial charge in [-0.15, -0.1) is 0 Å². The van der Waals surface area contributed by atoms with Crippen molar-refractivity contribution in [1.29, 1.82) is 0 Å². The smallest absolute Gasteiger partial charge is 0.133 e. The topological polar surface area (TPSA) is 57.7 Å². The van der Waals surface area contributed by atoms with Gasteiger partial charge in [-0.05, 0) is 23.8 Å². The Morgan fingerprint density at radius 2 is 1.92 bits per heavy atom. The van der Waals surface area contributed by atoms with Gasteiger partial charge in [0.1, 0.15) is 23.0 Å². The second-order valence-corrected chi connectivity index (χ2v) is 6.58. The monoisotopic (exact) mass is 374 g/mol. The van der Waals surface area contributed by atoms with Gasteiger partial charge >= 0.3 is 0 Å². The summed E-state index contributed by atoms with van der Waals surface area (Å²) >= 11 is 6.22. The van der Waals surface area contributed by atoms with Crippen LogP contribution in [0.15, 0.2) is 36.4 Å².